The average molecular weight is 324 g/mol. The van der Waals surface area contributed by atoms with Crippen LogP contribution in [0.5, 0.6) is 0 Å². The number of nitrogens with zero attached hydrogens (tertiary/aromatic N) is 1. The highest BCUT2D eigenvalue weighted by molar-refractivity contribution is 6.30. The van der Waals surface area contributed by atoms with E-state index in [-0.39, 0.29) is 6.04 Å². The standard InChI is InChI=1S/C12H13ClF3N3O2/c13-9-3-7(12(14,15)16)5-19(11(9)21)6-10(20)18-8-1-2-17-4-8/h3,5,8,17H,1-2,4,6H2,(H,18,20). The third-order valence-corrected chi connectivity index (χ3v) is 3.38. The largest absolute Gasteiger partial charge is 0.417 e. The molecule has 1 amide bonds. The van der Waals surface area contributed by atoms with E-state index in [9.17, 15) is 22.8 Å². The lowest BCUT2D eigenvalue weighted by atomic mass is 10.2. The van der Waals surface area contributed by atoms with Crippen molar-refractivity contribution in [2.45, 2.75) is 25.2 Å². The van der Waals surface area contributed by atoms with Crippen LogP contribution in [0.2, 0.25) is 5.02 Å². The molecule has 1 atom stereocenters. The molecular weight excluding hydrogens is 311 g/mol. The molecule has 2 N–H and O–H groups in total. The molecule has 5 nitrogen and oxygen atoms in total. The van der Waals surface area contributed by atoms with Gasteiger partial charge in [-0.15, -0.1) is 0 Å². The number of carbonyl (C=O) groups is 1. The lowest BCUT2D eigenvalue weighted by Crippen LogP contribution is -2.40. The molecule has 0 saturated carbocycles. The van der Waals surface area contributed by atoms with Gasteiger partial charge < -0.3 is 15.2 Å². The second kappa shape index (κ2) is 6.07. The molecule has 1 aromatic rings. The summed E-state index contributed by atoms with van der Waals surface area (Å²) < 4.78 is 38.7. The highest BCUT2D eigenvalue weighted by Gasteiger charge is 2.32. The highest BCUT2D eigenvalue weighted by Crippen LogP contribution is 2.29. The number of rotatable bonds is 3. The van der Waals surface area contributed by atoms with Crippen molar-refractivity contribution in [1.29, 1.82) is 0 Å². The monoisotopic (exact) mass is 323 g/mol. The van der Waals surface area contributed by atoms with Crippen molar-refractivity contribution in [2.24, 2.45) is 0 Å². The SMILES string of the molecule is O=C(Cn1cc(C(F)(F)F)cc(Cl)c1=O)NC1CCNC1. The molecule has 1 aliphatic heterocycles. The lowest BCUT2D eigenvalue weighted by molar-refractivity contribution is -0.138. The Morgan fingerprint density at radius 3 is 2.81 bits per heavy atom. The second-order valence-corrected chi connectivity index (χ2v) is 5.17. The van der Waals surface area contributed by atoms with Crippen LogP contribution in [-0.2, 0) is 17.5 Å². The van der Waals surface area contributed by atoms with E-state index in [0.717, 1.165) is 13.0 Å². The summed E-state index contributed by atoms with van der Waals surface area (Å²) in [4.78, 5) is 23.5. The van der Waals surface area contributed by atoms with Crippen LogP contribution >= 0.6 is 11.6 Å². The molecule has 0 bridgehead atoms. The molecule has 116 valence electrons. The number of alkyl halides is 3. The fourth-order valence-electron chi connectivity index (χ4n) is 2.08. The molecule has 1 saturated heterocycles. The molecule has 21 heavy (non-hydrogen) atoms. The molecule has 0 radical (unpaired) electrons. The molecule has 9 heteroatoms. The fraction of sp³-hybridized carbons (Fsp3) is 0.500. The van der Waals surface area contributed by atoms with Crippen molar-refractivity contribution in [3.05, 3.63) is 33.2 Å². The summed E-state index contributed by atoms with van der Waals surface area (Å²) in [5.41, 5.74) is -1.90. The number of aromatic nitrogens is 1. The number of nitrogens with one attached hydrogen (secondary N) is 2. The number of halogens is 4. The quantitative estimate of drug-likeness (QED) is 0.872. The molecule has 0 aromatic carbocycles. The third-order valence-electron chi connectivity index (χ3n) is 3.11. The zero-order chi connectivity index (χ0) is 15.6. The minimum absolute atomic E-state index is 0.0746. The first-order chi connectivity index (χ1) is 9.77. The van der Waals surface area contributed by atoms with Crippen LogP contribution < -0.4 is 16.2 Å². The number of amides is 1. The zero-order valence-corrected chi connectivity index (χ0v) is 11.6. The van der Waals surface area contributed by atoms with E-state index >= 15 is 0 Å². The van der Waals surface area contributed by atoms with Crippen molar-refractivity contribution in [3.8, 4) is 0 Å². The minimum atomic E-state index is -4.63. The van der Waals surface area contributed by atoms with Gasteiger partial charge in [0, 0.05) is 18.8 Å². The first-order valence-corrected chi connectivity index (χ1v) is 6.62. The van der Waals surface area contributed by atoms with Gasteiger partial charge in [0.2, 0.25) is 5.91 Å². The van der Waals surface area contributed by atoms with Crippen LogP contribution in [0.15, 0.2) is 17.1 Å². The van der Waals surface area contributed by atoms with Crippen molar-refractivity contribution in [3.63, 3.8) is 0 Å². The van der Waals surface area contributed by atoms with E-state index in [4.69, 9.17) is 11.6 Å². The Morgan fingerprint density at radius 1 is 1.52 bits per heavy atom. The van der Waals surface area contributed by atoms with Gasteiger partial charge in [-0.05, 0) is 19.0 Å². The van der Waals surface area contributed by atoms with Gasteiger partial charge >= 0.3 is 6.18 Å². The average Bonchev–Trinajstić information content (AvgIpc) is 2.86. The van der Waals surface area contributed by atoms with Crippen molar-refractivity contribution >= 4 is 17.5 Å². The summed E-state index contributed by atoms with van der Waals surface area (Å²) in [5, 5.41) is 5.12. The van der Waals surface area contributed by atoms with Crippen LogP contribution in [-0.4, -0.2) is 29.6 Å². The molecule has 0 spiro atoms. The Morgan fingerprint density at radius 2 is 2.24 bits per heavy atom. The van der Waals surface area contributed by atoms with Crippen molar-refractivity contribution in [1.82, 2.24) is 15.2 Å². The summed E-state index contributed by atoms with van der Waals surface area (Å²) in [6.07, 6.45) is -3.30. The summed E-state index contributed by atoms with van der Waals surface area (Å²) in [6, 6.07) is 0.480. The van der Waals surface area contributed by atoms with Crippen LogP contribution in [0, 0.1) is 0 Å². The van der Waals surface area contributed by atoms with Gasteiger partial charge in [0.25, 0.3) is 5.56 Å². The summed E-state index contributed by atoms with van der Waals surface area (Å²) in [5.74, 6) is -0.527. The Labute approximate surface area is 123 Å². The molecule has 2 rings (SSSR count). The van der Waals surface area contributed by atoms with Gasteiger partial charge in [0.1, 0.15) is 11.6 Å². The Kier molecular flexibility index (Phi) is 4.58. The first-order valence-electron chi connectivity index (χ1n) is 6.24. The van der Waals surface area contributed by atoms with E-state index in [1.54, 1.807) is 0 Å². The number of carbonyl (C=O) groups excluding carboxylic acids is 1. The van der Waals surface area contributed by atoms with E-state index in [1.165, 1.54) is 0 Å². The van der Waals surface area contributed by atoms with Crippen LogP contribution in [0.1, 0.15) is 12.0 Å². The van der Waals surface area contributed by atoms with E-state index < -0.39 is 34.8 Å². The van der Waals surface area contributed by atoms with Crippen LogP contribution in [0.4, 0.5) is 13.2 Å². The van der Waals surface area contributed by atoms with Crippen molar-refractivity contribution in [2.75, 3.05) is 13.1 Å². The van der Waals surface area contributed by atoms with Gasteiger partial charge in [-0.3, -0.25) is 9.59 Å². The molecule has 1 aliphatic rings. The first kappa shape index (κ1) is 15.8. The van der Waals surface area contributed by atoms with Crippen LogP contribution in [0.3, 0.4) is 0 Å². The van der Waals surface area contributed by atoms with Gasteiger partial charge in [-0.25, -0.2) is 0 Å². The van der Waals surface area contributed by atoms with E-state index in [0.29, 0.717) is 23.4 Å². The highest BCUT2D eigenvalue weighted by atomic mass is 35.5. The molecule has 2 heterocycles. The third kappa shape index (κ3) is 3.98. The Hall–Kier alpha value is -1.54. The number of pyridine rings is 1. The fourth-order valence-corrected chi connectivity index (χ4v) is 2.30. The maximum absolute atomic E-state index is 12.7. The molecule has 1 unspecified atom stereocenters. The second-order valence-electron chi connectivity index (χ2n) is 4.76. The molecule has 1 fully saturated rings. The van der Waals surface area contributed by atoms with Gasteiger partial charge in [-0.2, -0.15) is 13.2 Å². The van der Waals surface area contributed by atoms with Gasteiger partial charge in [-0.1, -0.05) is 11.6 Å². The summed E-state index contributed by atoms with van der Waals surface area (Å²) >= 11 is 5.50. The predicted octanol–water partition coefficient (Wildman–Crippen LogP) is 0.999. The van der Waals surface area contributed by atoms with Crippen LogP contribution in [0.25, 0.3) is 0 Å². The van der Waals surface area contributed by atoms with Gasteiger partial charge in [0.15, 0.2) is 0 Å². The smallest absolute Gasteiger partial charge is 0.350 e. The predicted molar refractivity (Wildman–Crippen MR) is 70.1 cm³/mol. The molecule has 1 aromatic heterocycles. The van der Waals surface area contributed by atoms with Crippen molar-refractivity contribution < 1.29 is 18.0 Å². The minimum Gasteiger partial charge on any atom is -0.350 e. The molecular formula is C12H13ClF3N3O2. The number of hydrogen-bond donors (Lipinski definition) is 2. The van der Waals surface area contributed by atoms with E-state index in [2.05, 4.69) is 10.6 Å². The number of hydrogen-bond acceptors (Lipinski definition) is 3. The maximum atomic E-state index is 12.7. The maximum Gasteiger partial charge on any atom is 0.417 e. The van der Waals surface area contributed by atoms with E-state index in [1.807, 2.05) is 0 Å². The summed E-state index contributed by atoms with van der Waals surface area (Å²) in [6.45, 7) is 0.864. The summed E-state index contributed by atoms with van der Waals surface area (Å²) in [7, 11) is 0. The topological polar surface area (TPSA) is 63.1 Å². The normalized spacial score (nSPS) is 18.8. The Bertz CT molecular complexity index is 594. The molecule has 0 aliphatic carbocycles. The lowest BCUT2D eigenvalue weighted by Gasteiger charge is -2.14. The zero-order valence-electron chi connectivity index (χ0n) is 10.8. The Balaban J connectivity index is 2.16. The van der Waals surface area contributed by atoms with Gasteiger partial charge in [0.05, 0.1) is 5.56 Å².